The van der Waals surface area contributed by atoms with E-state index in [1.807, 2.05) is 60.7 Å². The molecule has 1 aliphatic rings. The lowest BCUT2D eigenvalue weighted by Gasteiger charge is -2.33. The first kappa shape index (κ1) is 29.8. The second kappa shape index (κ2) is 15.0. The minimum atomic E-state index is -0.676. The lowest BCUT2D eigenvalue weighted by atomic mass is 9.94. The van der Waals surface area contributed by atoms with E-state index in [1.54, 1.807) is 17.0 Å². The number of hydrogen-bond acceptors (Lipinski definition) is 3. The normalized spacial score (nSPS) is 14.5. The van der Waals surface area contributed by atoms with Crippen LogP contribution in [-0.4, -0.2) is 34.6 Å². The number of amides is 2. The first-order valence-corrected chi connectivity index (χ1v) is 15.6. The molecular weight excluding hydrogens is 571 g/mol. The van der Waals surface area contributed by atoms with Crippen LogP contribution in [0.2, 0.25) is 15.1 Å². The van der Waals surface area contributed by atoms with Crippen molar-refractivity contribution >= 4 is 58.4 Å². The van der Waals surface area contributed by atoms with Crippen molar-refractivity contribution in [1.29, 1.82) is 0 Å². The summed E-state index contributed by atoms with van der Waals surface area (Å²) in [6.45, 7) is 0.214. The molecule has 3 aromatic rings. The number of halogens is 3. The molecule has 0 aromatic heterocycles. The standard InChI is InChI=1S/C31H33Cl3N2O2S/c32-25-14-11-23(12-15-25)20-39-21-30(37)36(19-24-13-16-26(33)18-28(24)34)29(17-22-7-3-1-4-8-22)31(38)35-27-9-5-2-6-10-27/h1,3-4,7-8,11-16,18,27,29H,2,5-6,9-10,17,19-21H2,(H,35,38). The Hall–Kier alpha value is -2.18. The average Bonchev–Trinajstić information content (AvgIpc) is 2.94. The lowest BCUT2D eigenvalue weighted by molar-refractivity contribution is -0.139. The Labute approximate surface area is 250 Å². The van der Waals surface area contributed by atoms with Crippen LogP contribution < -0.4 is 5.32 Å². The van der Waals surface area contributed by atoms with Gasteiger partial charge in [0.2, 0.25) is 11.8 Å². The summed E-state index contributed by atoms with van der Waals surface area (Å²) in [6, 6.07) is 22.2. The predicted octanol–water partition coefficient (Wildman–Crippen LogP) is 7.97. The third-order valence-electron chi connectivity index (χ3n) is 6.99. The van der Waals surface area contributed by atoms with Crippen LogP contribution in [0.25, 0.3) is 0 Å². The van der Waals surface area contributed by atoms with Crippen LogP contribution in [0.3, 0.4) is 0 Å². The number of hydrogen-bond donors (Lipinski definition) is 1. The van der Waals surface area contributed by atoms with Crippen LogP contribution in [0.1, 0.15) is 48.8 Å². The highest BCUT2D eigenvalue weighted by Crippen LogP contribution is 2.26. The van der Waals surface area contributed by atoms with E-state index in [9.17, 15) is 9.59 Å². The highest BCUT2D eigenvalue weighted by atomic mass is 35.5. The van der Waals surface area contributed by atoms with Gasteiger partial charge in [-0.05, 0) is 53.8 Å². The maximum Gasteiger partial charge on any atom is 0.243 e. The highest BCUT2D eigenvalue weighted by Gasteiger charge is 2.32. The van der Waals surface area contributed by atoms with Crippen LogP contribution in [0.5, 0.6) is 0 Å². The number of benzene rings is 3. The Morgan fingerprint density at radius 1 is 0.872 bits per heavy atom. The molecule has 1 fully saturated rings. The minimum Gasteiger partial charge on any atom is -0.352 e. The van der Waals surface area contributed by atoms with E-state index in [2.05, 4.69) is 5.32 Å². The van der Waals surface area contributed by atoms with Gasteiger partial charge < -0.3 is 10.2 Å². The molecule has 1 saturated carbocycles. The molecule has 4 rings (SSSR count). The van der Waals surface area contributed by atoms with Crippen molar-refractivity contribution in [2.24, 2.45) is 0 Å². The van der Waals surface area contributed by atoms with E-state index in [1.165, 1.54) is 18.2 Å². The van der Waals surface area contributed by atoms with Crippen molar-refractivity contribution in [2.75, 3.05) is 5.75 Å². The number of nitrogens with one attached hydrogen (secondary N) is 1. The summed E-state index contributed by atoms with van der Waals surface area (Å²) in [5, 5.41) is 4.94. The van der Waals surface area contributed by atoms with Crippen LogP contribution in [0.15, 0.2) is 72.8 Å². The van der Waals surface area contributed by atoms with Crippen molar-refractivity contribution in [3.8, 4) is 0 Å². The molecule has 0 spiro atoms. The summed E-state index contributed by atoms with van der Waals surface area (Å²) < 4.78 is 0. The van der Waals surface area contributed by atoms with Gasteiger partial charge in [0.05, 0.1) is 5.75 Å². The Balaban J connectivity index is 1.58. The van der Waals surface area contributed by atoms with Crippen molar-refractivity contribution < 1.29 is 9.59 Å². The van der Waals surface area contributed by atoms with Gasteiger partial charge in [-0.2, -0.15) is 0 Å². The van der Waals surface area contributed by atoms with Gasteiger partial charge in [-0.1, -0.05) is 103 Å². The average molecular weight is 604 g/mol. The molecule has 2 amide bonds. The molecule has 1 N–H and O–H groups in total. The molecule has 8 heteroatoms. The third-order valence-corrected chi connectivity index (χ3v) is 8.81. The van der Waals surface area contributed by atoms with Gasteiger partial charge in [0, 0.05) is 39.8 Å². The Kier molecular flexibility index (Phi) is 11.5. The molecule has 1 unspecified atom stereocenters. The number of carbonyl (C=O) groups is 2. The summed E-state index contributed by atoms with van der Waals surface area (Å²) >= 11 is 20.2. The summed E-state index contributed by atoms with van der Waals surface area (Å²) in [6.07, 6.45) is 5.77. The number of nitrogens with zero attached hydrogens (tertiary/aromatic N) is 1. The smallest absolute Gasteiger partial charge is 0.243 e. The van der Waals surface area contributed by atoms with Gasteiger partial charge in [-0.25, -0.2) is 0 Å². The lowest BCUT2D eigenvalue weighted by Crippen LogP contribution is -2.53. The zero-order chi connectivity index (χ0) is 27.6. The summed E-state index contributed by atoms with van der Waals surface area (Å²) in [4.78, 5) is 29.4. The summed E-state index contributed by atoms with van der Waals surface area (Å²) in [5.41, 5.74) is 2.83. The maximum absolute atomic E-state index is 13.8. The number of rotatable bonds is 11. The van der Waals surface area contributed by atoms with Gasteiger partial charge in [0.1, 0.15) is 6.04 Å². The second-order valence-corrected chi connectivity index (χ2v) is 12.2. The Bertz CT molecular complexity index is 1230. The quantitative estimate of drug-likeness (QED) is 0.242. The fourth-order valence-electron chi connectivity index (χ4n) is 4.85. The molecule has 0 radical (unpaired) electrons. The molecule has 3 aromatic carbocycles. The Morgan fingerprint density at radius 2 is 1.56 bits per heavy atom. The summed E-state index contributed by atoms with van der Waals surface area (Å²) in [7, 11) is 0. The highest BCUT2D eigenvalue weighted by molar-refractivity contribution is 7.99. The molecule has 39 heavy (non-hydrogen) atoms. The van der Waals surface area contributed by atoms with Gasteiger partial charge in [-0.3, -0.25) is 9.59 Å². The molecule has 1 atom stereocenters. The van der Waals surface area contributed by atoms with Crippen molar-refractivity contribution in [2.45, 2.75) is 62.9 Å². The van der Waals surface area contributed by atoms with E-state index in [0.717, 1.165) is 42.4 Å². The van der Waals surface area contributed by atoms with Gasteiger partial charge in [0.15, 0.2) is 0 Å². The molecule has 0 heterocycles. The molecule has 0 aliphatic heterocycles. The second-order valence-electron chi connectivity index (χ2n) is 9.93. The van der Waals surface area contributed by atoms with Gasteiger partial charge in [-0.15, -0.1) is 11.8 Å². The predicted molar refractivity (Wildman–Crippen MR) is 164 cm³/mol. The van der Waals surface area contributed by atoms with E-state index in [4.69, 9.17) is 34.8 Å². The van der Waals surface area contributed by atoms with Crippen LogP contribution in [0.4, 0.5) is 0 Å². The topological polar surface area (TPSA) is 49.4 Å². The van der Waals surface area contributed by atoms with E-state index >= 15 is 0 Å². The molecular formula is C31H33Cl3N2O2S. The van der Waals surface area contributed by atoms with Crippen molar-refractivity contribution in [1.82, 2.24) is 10.2 Å². The van der Waals surface area contributed by atoms with Crippen molar-refractivity contribution in [3.05, 3.63) is 105 Å². The monoisotopic (exact) mass is 602 g/mol. The van der Waals surface area contributed by atoms with E-state index in [-0.39, 0.29) is 30.2 Å². The largest absolute Gasteiger partial charge is 0.352 e. The number of thioether (sulfide) groups is 1. The number of carbonyl (C=O) groups excluding carboxylic acids is 2. The SMILES string of the molecule is O=C(NC1CCCCC1)C(Cc1ccccc1)N(Cc1ccc(Cl)cc1Cl)C(=O)CSCc1ccc(Cl)cc1. The zero-order valence-corrected chi connectivity index (χ0v) is 24.8. The van der Waals surface area contributed by atoms with Gasteiger partial charge >= 0.3 is 0 Å². The maximum atomic E-state index is 13.8. The fraction of sp³-hybridized carbons (Fsp3) is 0.355. The van der Waals surface area contributed by atoms with Crippen LogP contribution >= 0.6 is 46.6 Å². The van der Waals surface area contributed by atoms with Crippen molar-refractivity contribution in [3.63, 3.8) is 0 Å². The third kappa shape index (κ3) is 9.18. The molecule has 0 bridgehead atoms. The summed E-state index contributed by atoms with van der Waals surface area (Å²) in [5.74, 6) is 0.665. The molecule has 4 nitrogen and oxygen atoms in total. The molecule has 206 valence electrons. The van der Waals surface area contributed by atoms with E-state index < -0.39 is 6.04 Å². The minimum absolute atomic E-state index is 0.111. The first-order valence-electron chi connectivity index (χ1n) is 13.3. The first-order chi connectivity index (χ1) is 18.9. The molecule has 1 aliphatic carbocycles. The fourth-order valence-corrected chi connectivity index (χ4v) is 6.32. The zero-order valence-electron chi connectivity index (χ0n) is 21.8. The van der Waals surface area contributed by atoms with Crippen LogP contribution in [0, 0.1) is 0 Å². The molecule has 0 saturated heterocycles. The van der Waals surface area contributed by atoms with Crippen LogP contribution in [-0.2, 0) is 28.3 Å². The van der Waals surface area contributed by atoms with Gasteiger partial charge in [0.25, 0.3) is 0 Å². The Morgan fingerprint density at radius 3 is 2.26 bits per heavy atom. The van der Waals surface area contributed by atoms with E-state index in [0.29, 0.717) is 27.2 Å².